The van der Waals surface area contributed by atoms with Crippen LogP contribution in [-0.4, -0.2) is 25.8 Å². The van der Waals surface area contributed by atoms with Gasteiger partial charge in [-0.25, -0.2) is 0 Å². The van der Waals surface area contributed by atoms with E-state index >= 15 is 0 Å². The number of hydrogen-bond donors (Lipinski definition) is 0. The lowest BCUT2D eigenvalue weighted by Crippen LogP contribution is -2.28. The quantitative estimate of drug-likeness (QED) is 0.763. The minimum Gasteiger partial charge on any atom is -0.454 e. The fraction of sp³-hybridized carbons (Fsp3) is 0.500. The Morgan fingerprint density at radius 3 is 2.69 bits per heavy atom. The van der Waals surface area contributed by atoms with Gasteiger partial charge < -0.3 is 18.9 Å². The normalized spacial score (nSPS) is 21.3. The van der Waals surface area contributed by atoms with E-state index in [1.165, 1.54) is 0 Å². The SMILES string of the molecule is CC1(Cc2ccc3c(c2)OCO3)OCCO1. The number of hydrogen-bond acceptors (Lipinski definition) is 4. The molecule has 1 aromatic rings. The van der Waals surface area contributed by atoms with E-state index in [9.17, 15) is 0 Å². The third kappa shape index (κ3) is 1.74. The summed E-state index contributed by atoms with van der Waals surface area (Å²) in [6.45, 7) is 3.61. The Labute approximate surface area is 94.1 Å². The second-order valence-electron chi connectivity index (χ2n) is 4.20. The van der Waals surface area contributed by atoms with E-state index in [0.29, 0.717) is 20.0 Å². The summed E-state index contributed by atoms with van der Waals surface area (Å²) < 4.78 is 21.7. The van der Waals surface area contributed by atoms with E-state index in [4.69, 9.17) is 18.9 Å². The van der Waals surface area contributed by atoms with Crippen LogP contribution in [0.1, 0.15) is 12.5 Å². The predicted molar refractivity (Wildman–Crippen MR) is 56.6 cm³/mol. The highest BCUT2D eigenvalue weighted by molar-refractivity contribution is 5.44. The van der Waals surface area contributed by atoms with E-state index in [0.717, 1.165) is 23.5 Å². The molecule has 2 aliphatic rings. The van der Waals surface area contributed by atoms with Gasteiger partial charge in [0.2, 0.25) is 6.79 Å². The van der Waals surface area contributed by atoms with E-state index < -0.39 is 5.79 Å². The van der Waals surface area contributed by atoms with Crippen LogP contribution in [0.2, 0.25) is 0 Å². The molecule has 4 nitrogen and oxygen atoms in total. The van der Waals surface area contributed by atoms with Crippen molar-refractivity contribution in [1.29, 1.82) is 0 Å². The minimum absolute atomic E-state index is 0.309. The smallest absolute Gasteiger partial charge is 0.231 e. The summed E-state index contributed by atoms with van der Waals surface area (Å²) in [5.74, 6) is 1.12. The Hall–Kier alpha value is -1.26. The third-order valence-electron chi connectivity index (χ3n) is 2.86. The molecule has 0 amide bonds. The Bertz CT molecular complexity index is 396. The first-order chi connectivity index (χ1) is 7.75. The van der Waals surface area contributed by atoms with Gasteiger partial charge in [-0.2, -0.15) is 0 Å². The Morgan fingerprint density at radius 1 is 1.12 bits per heavy atom. The van der Waals surface area contributed by atoms with Gasteiger partial charge in [0, 0.05) is 6.42 Å². The van der Waals surface area contributed by atoms with Crippen LogP contribution in [0.5, 0.6) is 11.5 Å². The summed E-state index contributed by atoms with van der Waals surface area (Å²) in [5, 5.41) is 0. The molecule has 0 spiro atoms. The Kier molecular flexibility index (Phi) is 2.26. The maximum absolute atomic E-state index is 5.57. The summed E-state index contributed by atoms with van der Waals surface area (Å²) in [5.41, 5.74) is 1.13. The molecule has 2 aliphatic heterocycles. The molecule has 0 saturated carbocycles. The van der Waals surface area contributed by atoms with Gasteiger partial charge in [-0.3, -0.25) is 0 Å². The van der Waals surface area contributed by atoms with E-state index in [-0.39, 0.29) is 0 Å². The predicted octanol–water partition coefficient (Wildman–Crippen LogP) is 1.72. The molecule has 0 bridgehead atoms. The lowest BCUT2D eigenvalue weighted by Gasteiger charge is -2.22. The van der Waals surface area contributed by atoms with Crippen LogP contribution in [0.3, 0.4) is 0 Å². The van der Waals surface area contributed by atoms with E-state index in [1.807, 2.05) is 25.1 Å². The molecule has 0 N–H and O–H groups in total. The molecule has 0 atom stereocenters. The minimum atomic E-state index is -0.492. The van der Waals surface area contributed by atoms with Crippen molar-refractivity contribution in [2.75, 3.05) is 20.0 Å². The molecule has 0 aliphatic carbocycles. The van der Waals surface area contributed by atoms with E-state index in [1.54, 1.807) is 0 Å². The lowest BCUT2D eigenvalue weighted by molar-refractivity contribution is -0.140. The zero-order chi connectivity index (χ0) is 11.0. The van der Waals surface area contributed by atoms with Crippen molar-refractivity contribution in [3.63, 3.8) is 0 Å². The van der Waals surface area contributed by atoms with Crippen molar-refractivity contribution in [2.24, 2.45) is 0 Å². The Balaban J connectivity index is 1.80. The summed E-state index contributed by atoms with van der Waals surface area (Å²) in [7, 11) is 0. The van der Waals surface area contributed by atoms with Crippen LogP contribution in [0.15, 0.2) is 18.2 Å². The lowest BCUT2D eigenvalue weighted by atomic mass is 10.1. The third-order valence-corrected chi connectivity index (χ3v) is 2.86. The highest BCUT2D eigenvalue weighted by Gasteiger charge is 2.31. The second-order valence-corrected chi connectivity index (χ2v) is 4.20. The maximum atomic E-state index is 5.57. The molecule has 0 unspecified atom stereocenters. The van der Waals surface area contributed by atoms with Crippen molar-refractivity contribution in [3.8, 4) is 11.5 Å². The molecular weight excluding hydrogens is 208 g/mol. The van der Waals surface area contributed by atoms with Gasteiger partial charge in [0.15, 0.2) is 17.3 Å². The van der Waals surface area contributed by atoms with Crippen molar-refractivity contribution in [2.45, 2.75) is 19.1 Å². The monoisotopic (exact) mass is 222 g/mol. The maximum Gasteiger partial charge on any atom is 0.231 e. The zero-order valence-corrected chi connectivity index (χ0v) is 9.19. The van der Waals surface area contributed by atoms with Gasteiger partial charge in [-0.15, -0.1) is 0 Å². The van der Waals surface area contributed by atoms with Gasteiger partial charge in [-0.05, 0) is 24.6 Å². The number of fused-ring (bicyclic) bond motifs is 1. The molecule has 1 aromatic carbocycles. The molecule has 3 rings (SSSR count). The first kappa shape index (κ1) is 9.93. The molecule has 4 heteroatoms. The molecule has 86 valence electrons. The molecule has 1 fully saturated rings. The highest BCUT2D eigenvalue weighted by Crippen LogP contribution is 2.34. The molecule has 16 heavy (non-hydrogen) atoms. The van der Waals surface area contributed by atoms with Crippen LogP contribution >= 0.6 is 0 Å². The van der Waals surface area contributed by atoms with Crippen molar-refractivity contribution in [1.82, 2.24) is 0 Å². The number of ether oxygens (including phenoxy) is 4. The van der Waals surface area contributed by atoms with Crippen LogP contribution in [0.4, 0.5) is 0 Å². The van der Waals surface area contributed by atoms with Gasteiger partial charge in [0.25, 0.3) is 0 Å². The molecule has 0 radical (unpaired) electrons. The van der Waals surface area contributed by atoms with Gasteiger partial charge in [0.1, 0.15) is 0 Å². The van der Waals surface area contributed by atoms with Gasteiger partial charge >= 0.3 is 0 Å². The topological polar surface area (TPSA) is 36.9 Å². The molecule has 0 aromatic heterocycles. The van der Waals surface area contributed by atoms with Crippen LogP contribution < -0.4 is 9.47 Å². The fourth-order valence-electron chi connectivity index (χ4n) is 2.08. The van der Waals surface area contributed by atoms with Crippen LogP contribution in [-0.2, 0) is 15.9 Å². The van der Waals surface area contributed by atoms with Crippen molar-refractivity contribution in [3.05, 3.63) is 23.8 Å². The first-order valence-corrected chi connectivity index (χ1v) is 5.42. The summed E-state index contributed by atoms with van der Waals surface area (Å²) in [6.07, 6.45) is 0.726. The highest BCUT2D eigenvalue weighted by atomic mass is 16.7. The standard InChI is InChI=1S/C12H14O4/c1-12(15-4-5-16-12)7-9-2-3-10-11(6-9)14-8-13-10/h2-3,6H,4-5,7-8H2,1H3. The first-order valence-electron chi connectivity index (χ1n) is 5.42. The molecular formula is C12H14O4. The van der Waals surface area contributed by atoms with Gasteiger partial charge in [0.05, 0.1) is 13.2 Å². The zero-order valence-electron chi connectivity index (χ0n) is 9.19. The summed E-state index contributed by atoms with van der Waals surface area (Å²) in [4.78, 5) is 0. The van der Waals surface area contributed by atoms with Crippen molar-refractivity contribution < 1.29 is 18.9 Å². The summed E-state index contributed by atoms with van der Waals surface area (Å²) in [6, 6.07) is 5.93. The van der Waals surface area contributed by atoms with Crippen LogP contribution in [0.25, 0.3) is 0 Å². The Morgan fingerprint density at radius 2 is 1.88 bits per heavy atom. The number of benzene rings is 1. The summed E-state index contributed by atoms with van der Waals surface area (Å²) >= 11 is 0. The second kappa shape index (κ2) is 3.64. The average molecular weight is 222 g/mol. The molecule has 2 heterocycles. The van der Waals surface area contributed by atoms with Crippen molar-refractivity contribution >= 4 is 0 Å². The van der Waals surface area contributed by atoms with Crippen LogP contribution in [0, 0.1) is 0 Å². The van der Waals surface area contributed by atoms with Gasteiger partial charge in [-0.1, -0.05) is 6.07 Å². The largest absolute Gasteiger partial charge is 0.454 e. The fourth-order valence-corrected chi connectivity index (χ4v) is 2.08. The average Bonchev–Trinajstić information content (AvgIpc) is 2.86. The molecule has 1 saturated heterocycles. The number of rotatable bonds is 2. The van der Waals surface area contributed by atoms with E-state index in [2.05, 4.69) is 0 Å².